The molecular formula is C20H18N2O3. The molecule has 1 aliphatic rings. The molecule has 5 nitrogen and oxygen atoms in total. The summed E-state index contributed by atoms with van der Waals surface area (Å²) >= 11 is 0. The molecule has 0 saturated heterocycles. The first kappa shape index (κ1) is 16.5. The molecule has 1 N–H and O–H groups in total. The molecule has 2 aromatic rings. The third kappa shape index (κ3) is 3.17. The molecule has 3 rings (SSSR count). The first-order chi connectivity index (χ1) is 12.2. The molecule has 0 atom stereocenters. The van der Waals surface area contributed by atoms with E-state index in [0.29, 0.717) is 22.6 Å². The number of nitrogens with zero attached hydrogens (tertiary/aromatic N) is 1. The Kier molecular flexibility index (Phi) is 4.66. The number of methoxy groups -OCH3 is 1. The molecule has 0 spiro atoms. The average Bonchev–Trinajstić information content (AvgIpc) is 2.88. The summed E-state index contributed by atoms with van der Waals surface area (Å²) in [7, 11) is 1.59. The van der Waals surface area contributed by atoms with Crippen molar-refractivity contribution < 1.29 is 14.3 Å². The molecule has 0 bridgehead atoms. The predicted molar refractivity (Wildman–Crippen MR) is 96.9 cm³/mol. The van der Waals surface area contributed by atoms with Crippen LogP contribution in [0, 0.1) is 0 Å². The summed E-state index contributed by atoms with van der Waals surface area (Å²) in [6.45, 7) is 3.79. The summed E-state index contributed by atoms with van der Waals surface area (Å²) in [6.07, 6.45) is 1.54. The van der Waals surface area contributed by atoms with Crippen LogP contribution in [-0.4, -0.2) is 30.4 Å². The molecule has 1 aliphatic heterocycles. The highest BCUT2D eigenvalue weighted by Crippen LogP contribution is 2.30. The third-order valence-electron chi connectivity index (χ3n) is 3.90. The fraction of sp³-hybridized carbons (Fsp3) is 0.100. The highest BCUT2D eigenvalue weighted by atomic mass is 16.5. The van der Waals surface area contributed by atoms with Gasteiger partial charge in [-0.25, -0.2) is 0 Å². The number of benzene rings is 2. The van der Waals surface area contributed by atoms with Gasteiger partial charge in [0.1, 0.15) is 11.4 Å². The number of amides is 2. The van der Waals surface area contributed by atoms with Crippen LogP contribution in [0.25, 0.3) is 5.57 Å². The molecule has 2 aromatic carbocycles. The summed E-state index contributed by atoms with van der Waals surface area (Å²) in [5.74, 6) is 0.0246. The summed E-state index contributed by atoms with van der Waals surface area (Å²) in [5.41, 5.74) is 2.03. The Labute approximate surface area is 146 Å². The Morgan fingerprint density at radius 3 is 2.32 bits per heavy atom. The molecule has 2 amide bonds. The molecule has 0 unspecified atom stereocenters. The maximum absolute atomic E-state index is 12.7. The summed E-state index contributed by atoms with van der Waals surface area (Å²) in [4.78, 5) is 26.7. The zero-order chi connectivity index (χ0) is 17.8. The lowest BCUT2D eigenvalue weighted by Gasteiger charge is -2.12. The molecule has 0 saturated carbocycles. The zero-order valence-corrected chi connectivity index (χ0v) is 13.9. The Morgan fingerprint density at radius 1 is 1.04 bits per heavy atom. The van der Waals surface area contributed by atoms with Gasteiger partial charge in [-0.2, -0.15) is 0 Å². The SMILES string of the molecule is C=CCN1C(=O)C(Nc2ccc(OC)cc2)=C(c2ccccc2)C1=O. The van der Waals surface area contributed by atoms with Crippen molar-refractivity contribution in [2.45, 2.75) is 0 Å². The average molecular weight is 334 g/mol. The van der Waals surface area contributed by atoms with Crippen LogP contribution < -0.4 is 10.1 Å². The van der Waals surface area contributed by atoms with Crippen molar-refractivity contribution in [3.05, 3.63) is 78.5 Å². The summed E-state index contributed by atoms with van der Waals surface area (Å²) in [5, 5.41) is 3.09. The van der Waals surface area contributed by atoms with E-state index in [-0.39, 0.29) is 24.1 Å². The highest BCUT2D eigenvalue weighted by molar-refractivity contribution is 6.36. The monoisotopic (exact) mass is 334 g/mol. The first-order valence-electron chi connectivity index (χ1n) is 7.83. The van der Waals surface area contributed by atoms with E-state index in [1.807, 2.05) is 30.3 Å². The van der Waals surface area contributed by atoms with Crippen LogP contribution in [-0.2, 0) is 9.59 Å². The molecule has 0 fully saturated rings. The number of carbonyl (C=O) groups is 2. The minimum atomic E-state index is -0.362. The number of rotatable bonds is 6. The predicted octanol–water partition coefficient (Wildman–Crippen LogP) is 3.07. The maximum Gasteiger partial charge on any atom is 0.278 e. The molecule has 0 aromatic heterocycles. The van der Waals surface area contributed by atoms with Crippen LogP contribution in [0.15, 0.2) is 72.9 Å². The third-order valence-corrected chi connectivity index (χ3v) is 3.90. The number of imide groups is 1. The second kappa shape index (κ2) is 7.05. The van der Waals surface area contributed by atoms with Crippen molar-refractivity contribution in [2.75, 3.05) is 19.0 Å². The number of carbonyl (C=O) groups excluding carboxylic acids is 2. The lowest BCUT2D eigenvalue weighted by molar-refractivity contribution is -0.136. The smallest absolute Gasteiger partial charge is 0.278 e. The number of ether oxygens (including phenoxy) is 1. The second-order valence-corrected chi connectivity index (χ2v) is 5.48. The number of hydrogen-bond donors (Lipinski definition) is 1. The second-order valence-electron chi connectivity index (χ2n) is 5.48. The van der Waals surface area contributed by atoms with E-state index >= 15 is 0 Å². The van der Waals surface area contributed by atoms with Crippen LogP contribution in [0.4, 0.5) is 5.69 Å². The van der Waals surface area contributed by atoms with Crippen LogP contribution in [0.1, 0.15) is 5.56 Å². The maximum atomic E-state index is 12.7. The zero-order valence-electron chi connectivity index (χ0n) is 13.9. The van der Waals surface area contributed by atoms with Crippen molar-refractivity contribution in [3.63, 3.8) is 0 Å². The molecule has 0 radical (unpaired) electrons. The van der Waals surface area contributed by atoms with Gasteiger partial charge in [0.15, 0.2) is 0 Å². The van der Waals surface area contributed by atoms with Gasteiger partial charge in [0.2, 0.25) is 0 Å². The normalized spacial score (nSPS) is 14.0. The molecule has 5 heteroatoms. The van der Waals surface area contributed by atoms with Crippen LogP contribution in [0.3, 0.4) is 0 Å². The van der Waals surface area contributed by atoms with Gasteiger partial charge < -0.3 is 10.1 Å². The molecular weight excluding hydrogens is 316 g/mol. The minimum absolute atomic E-state index is 0.168. The Bertz CT molecular complexity index is 839. The fourth-order valence-electron chi connectivity index (χ4n) is 2.68. The molecule has 0 aliphatic carbocycles. The van der Waals surface area contributed by atoms with E-state index in [2.05, 4.69) is 11.9 Å². The van der Waals surface area contributed by atoms with E-state index in [1.165, 1.54) is 11.0 Å². The van der Waals surface area contributed by atoms with Gasteiger partial charge in [0, 0.05) is 12.2 Å². The van der Waals surface area contributed by atoms with Gasteiger partial charge in [-0.3, -0.25) is 14.5 Å². The topological polar surface area (TPSA) is 58.6 Å². The van der Waals surface area contributed by atoms with Crippen LogP contribution in [0.5, 0.6) is 5.75 Å². The van der Waals surface area contributed by atoms with E-state index < -0.39 is 0 Å². The Morgan fingerprint density at radius 2 is 1.72 bits per heavy atom. The van der Waals surface area contributed by atoms with Crippen molar-refractivity contribution in [1.82, 2.24) is 4.90 Å². The summed E-state index contributed by atoms with van der Waals surface area (Å²) < 4.78 is 5.14. The van der Waals surface area contributed by atoms with Crippen molar-refractivity contribution in [2.24, 2.45) is 0 Å². The quantitative estimate of drug-likeness (QED) is 0.651. The largest absolute Gasteiger partial charge is 0.497 e. The van der Waals surface area contributed by atoms with Gasteiger partial charge in [0.25, 0.3) is 11.8 Å². The van der Waals surface area contributed by atoms with Crippen LogP contribution in [0.2, 0.25) is 0 Å². The van der Waals surface area contributed by atoms with Gasteiger partial charge in [-0.05, 0) is 29.8 Å². The Balaban J connectivity index is 2.02. The van der Waals surface area contributed by atoms with Gasteiger partial charge in [0.05, 0.1) is 12.7 Å². The number of anilines is 1. The molecule has 1 heterocycles. The lowest BCUT2D eigenvalue weighted by atomic mass is 10.0. The van der Waals surface area contributed by atoms with Gasteiger partial charge in [-0.1, -0.05) is 36.4 Å². The lowest BCUT2D eigenvalue weighted by Crippen LogP contribution is -2.32. The van der Waals surface area contributed by atoms with Gasteiger partial charge in [-0.15, -0.1) is 6.58 Å². The first-order valence-corrected chi connectivity index (χ1v) is 7.83. The van der Waals surface area contributed by atoms with E-state index in [0.717, 1.165) is 0 Å². The van der Waals surface area contributed by atoms with Crippen molar-refractivity contribution in [3.8, 4) is 5.75 Å². The van der Waals surface area contributed by atoms with E-state index in [4.69, 9.17) is 4.74 Å². The fourth-order valence-corrected chi connectivity index (χ4v) is 2.68. The van der Waals surface area contributed by atoms with Crippen molar-refractivity contribution >= 4 is 23.1 Å². The van der Waals surface area contributed by atoms with E-state index in [9.17, 15) is 9.59 Å². The Hall–Kier alpha value is -3.34. The van der Waals surface area contributed by atoms with Gasteiger partial charge >= 0.3 is 0 Å². The minimum Gasteiger partial charge on any atom is -0.497 e. The van der Waals surface area contributed by atoms with E-state index in [1.54, 1.807) is 31.4 Å². The van der Waals surface area contributed by atoms with Crippen LogP contribution >= 0.6 is 0 Å². The highest BCUT2D eigenvalue weighted by Gasteiger charge is 2.38. The molecule has 126 valence electrons. The number of hydrogen-bond acceptors (Lipinski definition) is 4. The molecule has 25 heavy (non-hydrogen) atoms. The standard InChI is InChI=1S/C20H18N2O3/c1-3-13-22-19(23)17(14-7-5-4-6-8-14)18(20(22)24)21-15-9-11-16(25-2)12-10-15/h3-12,21H,1,13H2,2H3. The van der Waals surface area contributed by atoms with Crippen molar-refractivity contribution in [1.29, 1.82) is 0 Å². The number of nitrogens with one attached hydrogen (secondary N) is 1. The summed E-state index contributed by atoms with van der Waals surface area (Å²) in [6, 6.07) is 16.3.